The number of benzene rings is 1. The van der Waals surface area contributed by atoms with Crippen molar-refractivity contribution < 1.29 is 9.90 Å². The second-order valence-electron chi connectivity index (χ2n) is 4.53. The number of carboxylic acids is 1. The number of carbonyl (C=O) groups is 1. The van der Waals surface area contributed by atoms with Gasteiger partial charge in [0, 0.05) is 5.92 Å². The van der Waals surface area contributed by atoms with E-state index in [1.54, 1.807) is 0 Å². The van der Waals surface area contributed by atoms with Crippen LogP contribution in [0.1, 0.15) is 29.0 Å². The first-order valence-electron chi connectivity index (χ1n) is 5.63. The van der Waals surface area contributed by atoms with Crippen molar-refractivity contribution in [2.45, 2.75) is 32.2 Å². The van der Waals surface area contributed by atoms with E-state index in [4.69, 9.17) is 5.11 Å². The minimum atomic E-state index is -0.748. The van der Waals surface area contributed by atoms with Gasteiger partial charge in [-0.05, 0) is 37.9 Å². The van der Waals surface area contributed by atoms with Gasteiger partial charge in [0.25, 0.3) is 0 Å². The summed E-state index contributed by atoms with van der Waals surface area (Å²) >= 11 is 0. The summed E-state index contributed by atoms with van der Waals surface area (Å²) in [5, 5.41) is 12.2. The van der Waals surface area contributed by atoms with Crippen LogP contribution < -0.4 is 5.32 Å². The first-order valence-corrected chi connectivity index (χ1v) is 5.63. The van der Waals surface area contributed by atoms with Crippen LogP contribution in [0.4, 0.5) is 0 Å². The van der Waals surface area contributed by atoms with Crippen LogP contribution >= 0.6 is 0 Å². The highest BCUT2D eigenvalue weighted by atomic mass is 16.4. The van der Waals surface area contributed by atoms with E-state index in [2.05, 4.69) is 37.4 Å². The summed E-state index contributed by atoms with van der Waals surface area (Å²) in [6, 6.07) is 5.81. The van der Waals surface area contributed by atoms with Crippen LogP contribution in [-0.2, 0) is 4.79 Å². The molecule has 0 aliphatic carbocycles. The van der Waals surface area contributed by atoms with Gasteiger partial charge in [-0.2, -0.15) is 0 Å². The standard InChI is InChI=1S/C13H17NO2/c1-8-3-4-10(9(2)7-8)11-5-6-14-12(11)13(15)16/h3-4,7,11-12,14H,5-6H2,1-2H3,(H,15,16). The zero-order valence-corrected chi connectivity index (χ0v) is 9.66. The van der Waals surface area contributed by atoms with E-state index in [1.807, 2.05) is 0 Å². The number of carboxylic acid groups (broad SMARTS) is 1. The predicted molar refractivity (Wildman–Crippen MR) is 62.7 cm³/mol. The average molecular weight is 219 g/mol. The molecule has 0 saturated carbocycles. The number of aryl methyl sites for hydroxylation is 2. The third-order valence-electron chi connectivity index (χ3n) is 3.31. The Bertz CT molecular complexity index is 414. The third kappa shape index (κ3) is 1.95. The second kappa shape index (κ2) is 4.26. The lowest BCUT2D eigenvalue weighted by molar-refractivity contribution is -0.139. The third-order valence-corrected chi connectivity index (χ3v) is 3.31. The Balaban J connectivity index is 2.32. The molecule has 1 aliphatic rings. The van der Waals surface area contributed by atoms with Gasteiger partial charge in [-0.3, -0.25) is 4.79 Å². The van der Waals surface area contributed by atoms with Crippen molar-refractivity contribution in [3.05, 3.63) is 34.9 Å². The molecule has 0 bridgehead atoms. The van der Waals surface area contributed by atoms with Crippen molar-refractivity contribution in [3.63, 3.8) is 0 Å². The van der Waals surface area contributed by atoms with Crippen molar-refractivity contribution in [2.24, 2.45) is 0 Å². The highest BCUT2D eigenvalue weighted by Crippen LogP contribution is 2.30. The zero-order valence-electron chi connectivity index (χ0n) is 9.66. The summed E-state index contributed by atoms with van der Waals surface area (Å²) in [6.07, 6.45) is 0.904. The largest absolute Gasteiger partial charge is 0.480 e. The van der Waals surface area contributed by atoms with Crippen LogP contribution in [0.15, 0.2) is 18.2 Å². The van der Waals surface area contributed by atoms with Crippen molar-refractivity contribution in [2.75, 3.05) is 6.54 Å². The second-order valence-corrected chi connectivity index (χ2v) is 4.53. The normalized spacial score (nSPS) is 24.6. The minimum Gasteiger partial charge on any atom is -0.480 e. The molecular weight excluding hydrogens is 202 g/mol. The maximum absolute atomic E-state index is 11.1. The SMILES string of the molecule is Cc1ccc(C2CCNC2C(=O)O)c(C)c1. The van der Waals surface area contributed by atoms with E-state index < -0.39 is 12.0 Å². The van der Waals surface area contributed by atoms with Crippen LogP contribution in [-0.4, -0.2) is 23.7 Å². The molecule has 3 heteroatoms. The van der Waals surface area contributed by atoms with Gasteiger partial charge in [-0.15, -0.1) is 0 Å². The molecule has 1 fully saturated rings. The molecule has 2 atom stereocenters. The smallest absolute Gasteiger partial charge is 0.321 e. The molecule has 16 heavy (non-hydrogen) atoms. The topological polar surface area (TPSA) is 49.3 Å². The highest BCUT2D eigenvalue weighted by Gasteiger charge is 2.34. The first-order chi connectivity index (χ1) is 7.59. The van der Waals surface area contributed by atoms with Gasteiger partial charge >= 0.3 is 5.97 Å². The van der Waals surface area contributed by atoms with E-state index >= 15 is 0 Å². The molecule has 0 radical (unpaired) electrons. The van der Waals surface area contributed by atoms with Gasteiger partial charge in [0.1, 0.15) is 6.04 Å². The lowest BCUT2D eigenvalue weighted by Gasteiger charge is -2.18. The van der Waals surface area contributed by atoms with E-state index in [-0.39, 0.29) is 5.92 Å². The number of rotatable bonds is 2. The molecule has 2 N–H and O–H groups in total. The molecule has 3 nitrogen and oxygen atoms in total. The molecule has 1 aromatic carbocycles. The van der Waals surface area contributed by atoms with Crippen molar-refractivity contribution in [1.29, 1.82) is 0 Å². The molecule has 0 amide bonds. The number of aliphatic carboxylic acids is 1. The van der Waals surface area contributed by atoms with Crippen molar-refractivity contribution in [3.8, 4) is 0 Å². The lowest BCUT2D eigenvalue weighted by atomic mass is 9.88. The molecule has 1 heterocycles. The Hall–Kier alpha value is -1.35. The Morgan fingerprint density at radius 2 is 2.19 bits per heavy atom. The number of hydrogen-bond donors (Lipinski definition) is 2. The fourth-order valence-corrected chi connectivity index (χ4v) is 2.54. The van der Waals surface area contributed by atoms with Gasteiger partial charge in [-0.1, -0.05) is 23.8 Å². The lowest BCUT2D eigenvalue weighted by Crippen LogP contribution is -2.34. The molecule has 1 saturated heterocycles. The van der Waals surface area contributed by atoms with Gasteiger partial charge in [0.2, 0.25) is 0 Å². The van der Waals surface area contributed by atoms with E-state index in [0.29, 0.717) is 0 Å². The predicted octanol–water partition coefficient (Wildman–Crippen LogP) is 1.83. The minimum absolute atomic E-state index is 0.109. The summed E-state index contributed by atoms with van der Waals surface area (Å²) < 4.78 is 0. The molecule has 1 aromatic rings. The average Bonchev–Trinajstić information content (AvgIpc) is 2.66. The van der Waals surface area contributed by atoms with Crippen LogP contribution in [0.25, 0.3) is 0 Å². The zero-order chi connectivity index (χ0) is 11.7. The molecule has 0 spiro atoms. The summed E-state index contributed by atoms with van der Waals surface area (Å²) in [5.74, 6) is -0.638. The van der Waals surface area contributed by atoms with Crippen molar-refractivity contribution >= 4 is 5.97 Å². The molecule has 2 rings (SSSR count). The molecular formula is C13H17NO2. The van der Waals surface area contributed by atoms with E-state index in [9.17, 15) is 4.79 Å². The van der Waals surface area contributed by atoms with Crippen molar-refractivity contribution in [1.82, 2.24) is 5.32 Å². The maximum Gasteiger partial charge on any atom is 0.321 e. The summed E-state index contributed by atoms with van der Waals surface area (Å²) in [7, 11) is 0. The Labute approximate surface area is 95.5 Å². The van der Waals surface area contributed by atoms with Crippen LogP contribution in [0.2, 0.25) is 0 Å². The Morgan fingerprint density at radius 1 is 1.44 bits per heavy atom. The molecule has 86 valence electrons. The summed E-state index contributed by atoms with van der Waals surface area (Å²) in [5.41, 5.74) is 3.59. The highest BCUT2D eigenvalue weighted by molar-refractivity contribution is 5.75. The Morgan fingerprint density at radius 3 is 2.81 bits per heavy atom. The van der Waals surface area contributed by atoms with E-state index in [0.717, 1.165) is 13.0 Å². The maximum atomic E-state index is 11.1. The molecule has 0 aromatic heterocycles. The van der Waals surface area contributed by atoms with Gasteiger partial charge in [0.15, 0.2) is 0 Å². The molecule has 1 aliphatic heterocycles. The van der Waals surface area contributed by atoms with Crippen LogP contribution in [0, 0.1) is 13.8 Å². The fourth-order valence-electron chi connectivity index (χ4n) is 2.54. The van der Waals surface area contributed by atoms with Crippen LogP contribution in [0.3, 0.4) is 0 Å². The first kappa shape index (κ1) is 11.1. The summed E-state index contributed by atoms with van der Waals surface area (Å²) in [4.78, 5) is 11.1. The fraction of sp³-hybridized carbons (Fsp3) is 0.462. The Kier molecular flexibility index (Phi) is 2.97. The van der Waals surface area contributed by atoms with E-state index in [1.165, 1.54) is 16.7 Å². The summed E-state index contributed by atoms with van der Waals surface area (Å²) in [6.45, 7) is 4.90. The van der Waals surface area contributed by atoms with Crippen LogP contribution in [0.5, 0.6) is 0 Å². The number of nitrogens with one attached hydrogen (secondary N) is 1. The van der Waals surface area contributed by atoms with Gasteiger partial charge < -0.3 is 10.4 Å². The monoisotopic (exact) mass is 219 g/mol. The van der Waals surface area contributed by atoms with Gasteiger partial charge in [-0.25, -0.2) is 0 Å². The number of hydrogen-bond acceptors (Lipinski definition) is 2. The quantitative estimate of drug-likeness (QED) is 0.798. The van der Waals surface area contributed by atoms with Gasteiger partial charge in [0.05, 0.1) is 0 Å². The molecule has 2 unspecified atom stereocenters.